The van der Waals surface area contributed by atoms with Crippen LogP contribution in [0.3, 0.4) is 0 Å². The number of carbonyl (C=O) groups is 2. The highest BCUT2D eigenvalue weighted by Crippen LogP contribution is 2.48. The van der Waals surface area contributed by atoms with Gasteiger partial charge in [0.2, 0.25) is 0 Å². The highest BCUT2D eigenvalue weighted by atomic mass is 16.5. The van der Waals surface area contributed by atoms with Crippen molar-refractivity contribution in [3.8, 4) is 5.75 Å². The first-order chi connectivity index (χ1) is 16.3. The van der Waals surface area contributed by atoms with Crippen LogP contribution in [0.4, 0.5) is 0 Å². The van der Waals surface area contributed by atoms with Crippen molar-refractivity contribution in [1.82, 2.24) is 5.32 Å². The van der Waals surface area contributed by atoms with Crippen LogP contribution in [0.5, 0.6) is 5.75 Å². The number of rotatable bonds is 7. The Morgan fingerprint density at radius 3 is 2.50 bits per heavy atom. The summed E-state index contributed by atoms with van der Waals surface area (Å²) >= 11 is 0. The minimum atomic E-state index is -0.531. The molecule has 0 spiro atoms. The molecule has 0 saturated heterocycles. The van der Waals surface area contributed by atoms with Gasteiger partial charge < -0.3 is 14.8 Å². The lowest BCUT2D eigenvalue weighted by Crippen LogP contribution is -2.38. The van der Waals surface area contributed by atoms with E-state index in [1.807, 2.05) is 61.5 Å². The Morgan fingerprint density at radius 2 is 1.76 bits per heavy atom. The average molecular weight is 460 g/mol. The van der Waals surface area contributed by atoms with Gasteiger partial charge in [0.15, 0.2) is 5.78 Å². The number of nitrogens with one attached hydrogen (secondary N) is 1. The number of Topliss-reactive ketones (excluding diaryl/α,β-unsaturated/α-hetero) is 1. The number of esters is 1. The first-order valence-electron chi connectivity index (χ1n) is 12.0. The quantitative estimate of drug-likeness (QED) is 0.528. The van der Waals surface area contributed by atoms with Crippen molar-refractivity contribution in [2.75, 3.05) is 6.61 Å². The monoisotopic (exact) mass is 459 g/mol. The van der Waals surface area contributed by atoms with Crippen LogP contribution in [0.25, 0.3) is 0 Å². The predicted octanol–water partition coefficient (Wildman–Crippen LogP) is 5.82. The Balaban J connectivity index is 1.77. The molecule has 0 fully saturated rings. The van der Waals surface area contributed by atoms with Gasteiger partial charge in [-0.25, -0.2) is 4.79 Å². The summed E-state index contributed by atoms with van der Waals surface area (Å²) in [6, 6.07) is 17.3. The molecular weight excluding hydrogens is 426 g/mol. The minimum Gasteiger partial charge on any atom is -0.493 e. The molecule has 0 saturated carbocycles. The maximum Gasteiger partial charge on any atom is 0.337 e. The number of dihydropyridines is 1. The van der Waals surface area contributed by atoms with Crippen LogP contribution < -0.4 is 10.1 Å². The Bertz CT molecular complexity index is 1140. The number of benzene rings is 2. The summed E-state index contributed by atoms with van der Waals surface area (Å²) in [4.78, 5) is 27.0. The largest absolute Gasteiger partial charge is 0.493 e. The molecule has 0 bridgehead atoms. The van der Waals surface area contributed by atoms with Crippen molar-refractivity contribution in [1.29, 1.82) is 0 Å². The summed E-state index contributed by atoms with van der Waals surface area (Å²) in [6.45, 7) is 8.88. The van der Waals surface area contributed by atoms with Gasteiger partial charge in [0, 0.05) is 29.0 Å². The van der Waals surface area contributed by atoms with Crippen molar-refractivity contribution >= 4 is 11.8 Å². The fourth-order valence-corrected chi connectivity index (χ4v) is 4.88. The zero-order valence-corrected chi connectivity index (χ0v) is 20.4. The first kappa shape index (κ1) is 23.8. The second-order valence-corrected chi connectivity index (χ2v) is 9.88. The normalized spacial score (nSPS) is 19.4. The van der Waals surface area contributed by atoms with E-state index in [9.17, 15) is 9.59 Å². The summed E-state index contributed by atoms with van der Waals surface area (Å²) in [6.07, 6.45) is 2.04. The predicted molar refractivity (Wildman–Crippen MR) is 132 cm³/mol. The number of para-hydroxylation sites is 1. The number of hydrogen-bond donors (Lipinski definition) is 1. The third-order valence-corrected chi connectivity index (χ3v) is 6.36. The molecule has 1 aliphatic carbocycles. The molecule has 4 rings (SSSR count). The number of carbonyl (C=O) groups excluding carboxylic acids is 2. The number of ether oxygens (including phenoxy) is 2. The van der Waals surface area contributed by atoms with Crippen LogP contribution >= 0.6 is 0 Å². The molecule has 1 N–H and O–H groups in total. The average Bonchev–Trinajstić information content (AvgIpc) is 2.80. The van der Waals surface area contributed by atoms with Gasteiger partial charge in [0.05, 0.1) is 18.1 Å². The molecule has 0 radical (unpaired) electrons. The van der Waals surface area contributed by atoms with Gasteiger partial charge in [0.25, 0.3) is 0 Å². The second kappa shape index (κ2) is 9.88. The van der Waals surface area contributed by atoms with E-state index in [1.165, 1.54) is 0 Å². The van der Waals surface area contributed by atoms with Crippen LogP contribution in [-0.4, -0.2) is 18.4 Å². The third-order valence-electron chi connectivity index (χ3n) is 6.36. The van der Waals surface area contributed by atoms with Gasteiger partial charge >= 0.3 is 5.97 Å². The Hall–Kier alpha value is -3.34. The molecule has 2 aromatic carbocycles. The maximum absolute atomic E-state index is 13.5. The van der Waals surface area contributed by atoms with E-state index < -0.39 is 11.9 Å². The molecule has 1 aliphatic heterocycles. The van der Waals surface area contributed by atoms with Crippen LogP contribution in [0.1, 0.15) is 64.0 Å². The van der Waals surface area contributed by atoms with Crippen LogP contribution in [-0.2, 0) is 20.9 Å². The summed E-state index contributed by atoms with van der Waals surface area (Å²) in [7, 11) is 0. The Labute approximate surface area is 201 Å². The maximum atomic E-state index is 13.5. The fourth-order valence-electron chi connectivity index (χ4n) is 4.88. The lowest BCUT2D eigenvalue weighted by molar-refractivity contribution is -0.140. The summed E-state index contributed by atoms with van der Waals surface area (Å²) in [5.41, 5.74) is 4.34. The molecule has 2 aliphatic rings. The molecule has 5 nitrogen and oxygen atoms in total. The third kappa shape index (κ3) is 4.93. The van der Waals surface area contributed by atoms with E-state index in [0.717, 1.165) is 35.4 Å². The van der Waals surface area contributed by atoms with Crippen molar-refractivity contribution in [3.63, 3.8) is 0 Å². The minimum absolute atomic E-state index is 0.0647. The Morgan fingerprint density at radius 1 is 1.06 bits per heavy atom. The van der Waals surface area contributed by atoms with Gasteiger partial charge in [-0.05, 0) is 36.8 Å². The highest BCUT2D eigenvalue weighted by Gasteiger charge is 2.44. The summed E-state index contributed by atoms with van der Waals surface area (Å²) in [5, 5.41) is 3.39. The van der Waals surface area contributed by atoms with Crippen LogP contribution in [0.2, 0.25) is 0 Å². The zero-order chi connectivity index (χ0) is 24.3. The topological polar surface area (TPSA) is 64.6 Å². The summed E-state index contributed by atoms with van der Waals surface area (Å²) < 4.78 is 11.8. The molecule has 5 heteroatoms. The van der Waals surface area contributed by atoms with E-state index >= 15 is 0 Å². The SMILES string of the molecule is CCCOc1ccccc1C1C(C(=O)OCc2ccccc2)=C(C)NC2=C1C(=O)CC(C)(C)C2. The van der Waals surface area contributed by atoms with Gasteiger partial charge in [-0.2, -0.15) is 0 Å². The second-order valence-electron chi connectivity index (χ2n) is 9.88. The van der Waals surface area contributed by atoms with Crippen molar-refractivity contribution in [2.24, 2.45) is 5.41 Å². The molecule has 1 atom stereocenters. The highest BCUT2D eigenvalue weighted by molar-refractivity contribution is 6.04. The molecule has 178 valence electrons. The van der Waals surface area contributed by atoms with Crippen LogP contribution in [0.15, 0.2) is 77.1 Å². The first-order valence-corrected chi connectivity index (χ1v) is 12.0. The fraction of sp³-hybridized carbons (Fsp3) is 0.379. The van der Waals surface area contributed by atoms with E-state index in [1.54, 1.807) is 0 Å². The lowest BCUT2D eigenvalue weighted by Gasteiger charge is -2.39. The smallest absolute Gasteiger partial charge is 0.337 e. The molecular formula is C29H33NO4. The van der Waals surface area contributed by atoms with Gasteiger partial charge in [0.1, 0.15) is 12.4 Å². The van der Waals surface area contributed by atoms with Crippen molar-refractivity contribution in [3.05, 3.63) is 88.3 Å². The molecule has 0 amide bonds. The van der Waals surface area contributed by atoms with Crippen molar-refractivity contribution in [2.45, 2.75) is 59.5 Å². The van der Waals surface area contributed by atoms with Gasteiger partial charge in [-0.3, -0.25) is 4.79 Å². The Kier molecular flexibility index (Phi) is 6.92. The lowest BCUT2D eigenvalue weighted by atomic mass is 9.68. The number of hydrogen-bond acceptors (Lipinski definition) is 5. The molecule has 34 heavy (non-hydrogen) atoms. The van der Waals surface area contributed by atoms with Crippen LogP contribution in [0, 0.1) is 5.41 Å². The van der Waals surface area contributed by atoms with Gasteiger partial charge in [-0.1, -0.05) is 69.3 Å². The van der Waals surface area contributed by atoms with Gasteiger partial charge in [-0.15, -0.1) is 0 Å². The standard InChI is InChI=1S/C29H33NO4/c1-5-15-33-24-14-10-9-13-21(24)26-25(28(32)34-18-20-11-7-6-8-12-20)19(2)30-22-16-29(3,4)17-23(31)27(22)26/h6-14,26,30H,5,15-18H2,1-4H3. The molecule has 1 heterocycles. The molecule has 1 unspecified atom stereocenters. The zero-order valence-electron chi connectivity index (χ0n) is 20.4. The molecule has 2 aromatic rings. The van der Waals surface area contributed by atoms with E-state index in [4.69, 9.17) is 9.47 Å². The van der Waals surface area contributed by atoms with E-state index in [2.05, 4.69) is 26.1 Å². The molecule has 0 aromatic heterocycles. The van der Waals surface area contributed by atoms with E-state index in [0.29, 0.717) is 29.9 Å². The van der Waals surface area contributed by atoms with Crippen molar-refractivity contribution < 1.29 is 19.1 Å². The number of ketones is 1. The number of allylic oxidation sites excluding steroid dienone is 3. The van der Waals surface area contributed by atoms with E-state index in [-0.39, 0.29) is 17.8 Å². The summed E-state index contributed by atoms with van der Waals surface area (Å²) in [5.74, 6) is -0.193.